The molecule has 0 bridgehead atoms. The van der Waals surface area contributed by atoms with Gasteiger partial charge in [-0.1, -0.05) is 11.6 Å². The Morgan fingerprint density at radius 1 is 1.19 bits per heavy atom. The SMILES string of the molecule is O=C(c1nc2c(C(F)(F)F)cc(C3CC3)cn2c1Cl)N1CCN([C@H]2CCC[C@H]2O)C(=O)C1. The smallest absolute Gasteiger partial charge is 0.391 e. The lowest BCUT2D eigenvalue weighted by atomic mass is 10.1. The number of piperazine rings is 1. The molecule has 2 aromatic heterocycles. The van der Waals surface area contributed by atoms with Crippen LogP contribution in [0.4, 0.5) is 13.2 Å². The van der Waals surface area contributed by atoms with Gasteiger partial charge in [-0.05, 0) is 49.7 Å². The summed E-state index contributed by atoms with van der Waals surface area (Å²) in [5.74, 6) is -0.933. The highest BCUT2D eigenvalue weighted by molar-refractivity contribution is 6.33. The Labute approximate surface area is 186 Å². The zero-order valence-electron chi connectivity index (χ0n) is 17.1. The summed E-state index contributed by atoms with van der Waals surface area (Å²) >= 11 is 6.34. The van der Waals surface area contributed by atoms with E-state index in [9.17, 15) is 27.9 Å². The molecular formula is C21H22ClF3N4O3. The molecule has 2 amide bonds. The Kier molecular flexibility index (Phi) is 5.12. The maximum Gasteiger partial charge on any atom is 0.419 e. The topological polar surface area (TPSA) is 78.2 Å². The number of amides is 2. The van der Waals surface area contributed by atoms with Gasteiger partial charge in [0.2, 0.25) is 5.91 Å². The van der Waals surface area contributed by atoms with Crippen LogP contribution in [0.15, 0.2) is 12.3 Å². The van der Waals surface area contributed by atoms with Crippen LogP contribution in [0.5, 0.6) is 0 Å². The lowest BCUT2D eigenvalue weighted by Gasteiger charge is -2.38. The minimum absolute atomic E-state index is 0.0507. The average molecular weight is 471 g/mol. The summed E-state index contributed by atoms with van der Waals surface area (Å²) in [4.78, 5) is 32.5. The molecule has 1 N–H and O–H groups in total. The first-order valence-electron chi connectivity index (χ1n) is 10.7. The van der Waals surface area contributed by atoms with Crippen molar-refractivity contribution in [2.24, 2.45) is 0 Å². The number of hydrogen-bond acceptors (Lipinski definition) is 4. The van der Waals surface area contributed by atoms with Gasteiger partial charge in [0.05, 0.1) is 17.7 Å². The van der Waals surface area contributed by atoms with E-state index in [0.717, 1.165) is 29.7 Å². The Hall–Kier alpha value is -2.33. The highest BCUT2D eigenvalue weighted by atomic mass is 35.5. The Balaban J connectivity index is 1.44. The molecule has 3 fully saturated rings. The zero-order valence-corrected chi connectivity index (χ0v) is 17.9. The summed E-state index contributed by atoms with van der Waals surface area (Å²) in [6, 6.07) is 0.827. The molecule has 2 aromatic rings. The third-order valence-electron chi connectivity index (χ3n) is 6.63. The molecule has 0 spiro atoms. The second-order valence-electron chi connectivity index (χ2n) is 8.78. The second-order valence-corrected chi connectivity index (χ2v) is 9.14. The van der Waals surface area contributed by atoms with Gasteiger partial charge in [0, 0.05) is 19.3 Å². The summed E-state index contributed by atoms with van der Waals surface area (Å²) in [6.07, 6.45) is 0.0894. The number of nitrogens with zero attached hydrogens (tertiary/aromatic N) is 4. The second kappa shape index (κ2) is 7.62. The van der Waals surface area contributed by atoms with Crippen LogP contribution >= 0.6 is 11.6 Å². The van der Waals surface area contributed by atoms with E-state index in [2.05, 4.69) is 4.98 Å². The number of carbonyl (C=O) groups is 2. The minimum Gasteiger partial charge on any atom is -0.391 e. The van der Waals surface area contributed by atoms with E-state index in [-0.39, 0.29) is 48.3 Å². The number of aliphatic hydroxyl groups excluding tert-OH is 1. The summed E-state index contributed by atoms with van der Waals surface area (Å²) in [6.45, 7) is 0.208. The van der Waals surface area contributed by atoms with Crippen LogP contribution in [-0.2, 0) is 11.0 Å². The van der Waals surface area contributed by atoms with Crippen molar-refractivity contribution in [1.82, 2.24) is 19.2 Å². The average Bonchev–Trinajstić information content (AvgIpc) is 3.43. The quantitative estimate of drug-likeness (QED) is 0.748. The normalized spacial score (nSPS) is 24.6. The van der Waals surface area contributed by atoms with Crippen LogP contribution in [0.1, 0.15) is 59.6 Å². The van der Waals surface area contributed by atoms with E-state index in [0.29, 0.717) is 18.4 Å². The summed E-state index contributed by atoms with van der Waals surface area (Å²) in [5.41, 5.74) is -1.14. The van der Waals surface area contributed by atoms with Crippen LogP contribution in [0, 0.1) is 0 Å². The molecule has 1 aliphatic heterocycles. The summed E-state index contributed by atoms with van der Waals surface area (Å²) in [5, 5.41) is 9.89. The van der Waals surface area contributed by atoms with Gasteiger partial charge in [0.15, 0.2) is 11.3 Å². The van der Waals surface area contributed by atoms with Crippen molar-refractivity contribution < 1.29 is 27.9 Å². The predicted octanol–water partition coefficient (Wildman–Crippen LogP) is 3.08. The summed E-state index contributed by atoms with van der Waals surface area (Å²) in [7, 11) is 0. The number of hydrogen-bond donors (Lipinski definition) is 1. The molecule has 7 nitrogen and oxygen atoms in total. The lowest BCUT2D eigenvalue weighted by Crippen LogP contribution is -2.57. The van der Waals surface area contributed by atoms with Crippen molar-refractivity contribution in [2.45, 2.75) is 56.3 Å². The number of pyridine rings is 1. The van der Waals surface area contributed by atoms with Gasteiger partial charge < -0.3 is 14.9 Å². The van der Waals surface area contributed by atoms with E-state index >= 15 is 0 Å². The van der Waals surface area contributed by atoms with Crippen LogP contribution in [0.3, 0.4) is 0 Å². The molecular weight excluding hydrogens is 449 g/mol. The van der Waals surface area contributed by atoms with Gasteiger partial charge >= 0.3 is 6.18 Å². The Morgan fingerprint density at radius 3 is 2.53 bits per heavy atom. The first-order valence-corrected chi connectivity index (χ1v) is 11.1. The fourth-order valence-electron chi connectivity index (χ4n) is 4.77. The first kappa shape index (κ1) is 21.5. The lowest BCUT2D eigenvalue weighted by molar-refractivity contribution is -0.139. The Bertz CT molecular complexity index is 1100. The fourth-order valence-corrected chi connectivity index (χ4v) is 5.02. The van der Waals surface area contributed by atoms with Gasteiger partial charge in [-0.2, -0.15) is 13.2 Å². The number of aliphatic hydroxyl groups is 1. The third-order valence-corrected chi connectivity index (χ3v) is 6.99. The molecule has 5 rings (SSSR count). The van der Waals surface area contributed by atoms with Crippen LogP contribution < -0.4 is 0 Å². The number of aromatic nitrogens is 2. The van der Waals surface area contributed by atoms with Crippen molar-refractivity contribution >= 4 is 29.1 Å². The molecule has 1 saturated heterocycles. The predicted molar refractivity (Wildman–Crippen MR) is 108 cm³/mol. The van der Waals surface area contributed by atoms with E-state index in [1.54, 1.807) is 4.90 Å². The van der Waals surface area contributed by atoms with Crippen molar-refractivity contribution in [3.05, 3.63) is 34.2 Å². The van der Waals surface area contributed by atoms with Crippen LogP contribution in [-0.4, -0.2) is 67.9 Å². The zero-order chi connectivity index (χ0) is 22.8. The van der Waals surface area contributed by atoms with Gasteiger partial charge in [-0.3, -0.25) is 14.0 Å². The van der Waals surface area contributed by atoms with Crippen molar-refractivity contribution in [2.75, 3.05) is 19.6 Å². The molecule has 3 heterocycles. The van der Waals surface area contributed by atoms with E-state index < -0.39 is 29.4 Å². The molecule has 11 heteroatoms. The van der Waals surface area contributed by atoms with Gasteiger partial charge in [0.25, 0.3) is 5.91 Å². The molecule has 2 atom stereocenters. The standard InChI is InChI=1S/C21H22ClF3N4O3/c22-18-17(20(32)27-6-7-28(16(31)10-27)14-2-1-3-15(14)30)26-19-13(21(23,24)25)8-12(9-29(18)19)11-4-5-11/h8-9,11,14-15,30H,1-7,10H2/t14-,15+/m0/s1. The number of rotatable bonds is 3. The molecule has 0 unspecified atom stereocenters. The summed E-state index contributed by atoms with van der Waals surface area (Å²) < 4.78 is 42.2. The molecule has 2 aliphatic carbocycles. The number of carbonyl (C=O) groups excluding carboxylic acids is 2. The minimum atomic E-state index is -4.65. The van der Waals surface area contributed by atoms with Crippen molar-refractivity contribution in [3.8, 4) is 0 Å². The number of fused-ring (bicyclic) bond motifs is 1. The largest absolute Gasteiger partial charge is 0.419 e. The van der Waals surface area contributed by atoms with Crippen LogP contribution in [0.25, 0.3) is 5.65 Å². The number of halogens is 4. The van der Waals surface area contributed by atoms with E-state index in [1.807, 2.05) is 0 Å². The highest BCUT2D eigenvalue weighted by Gasteiger charge is 2.40. The molecule has 2 saturated carbocycles. The van der Waals surface area contributed by atoms with E-state index in [1.165, 1.54) is 11.1 Å². The highest BCUT2D eigenvalue weighted by Crippen LogP contribution is 2.43. The maximum absolute atomic E-state index is 13.7. The van der Waals surface area contributed by atoms with Gasteiger partial charge in [0.1, 0.15) is 11.7 Å². The monoisotopic (exact) mass is 470 g/mol. The van der Waals surface area contributed by atoms with Gasteiger partial charge in [-0.25, -0.2) is 4.98 Å². The number of alkyl halides is 3. The fraction of sp³-hybridized carbons (Fsp3) is 0.571. The molecule has 3 aliphatic rings. The third kappa shape index (κ3) is 3.63. The number of imidazole rings is 1. The molecule has 172 valence electrons. The van der Waals surface area contributed by atoms with Crippen LogP contribution in [0.2, 0.25) is 5.15 Å². The maximum atomic E-state index is 13.7. The van der Waals surface area contributed by atoms with Gasteiger partial charge in [-0.15, -0.1) is 0 Å². The first-order chi connectivity index (χ1) is 15.1. The molecule has 32 heavy (non-hydrogen) atoms. The Morgan fingerprint density at radius 2 is 1.94 bits per heavy atom. The van der Waals surface area contributed by atoms with Crippen molar-refractivity contribution in [3.63, 3.8) is 0 Å². The van der Waals surface area contributed by atoms with Crippen molar-refractivity contribution in [1.29, 1.82) is 0 Å². The molecule has 0 aromatic carbocycles. The molecule has 0 radical (unpaired) electrons. The van der Waals surface area contributed by atoms with E-state index in [4.69, 9.17) is 11.6 Å².